The van der Waals surface area contributed by atoms with Crippen LogP contribution in [0.1, 0.15) is 21.6 Å². The van der Waals surface area contributed by atoms with Gasteiger partial charge in [-0.2, -0.15) is 0 Å². The van der Waals surface area contributed by atoms with Crippen LogP contribution in [0.2, 0.25) is 0 Å². The lowest BCUT2D eigenvalue weighted by Crippen LogP contribution is -2.24. The predicted molar refractivity (Wildman–Crippen MR) is 213 cm³/mol. The minimum atomic E-state index is -0.442. The number of nitrogens with zero attached hydrogens (tertiary/aromatic N) is 3. The summed E-state index contributed by atoms with van der Waals surface area (Å²) in [7, 11) is 0. The summed E-state index contributed by atoms with van der Waals surface area (Å²) in [4.78, 5) is 17.0. The van der Waals surface area contributed by atoms with Gasteiger partial charge < -0.3 is 0 Å². The maximum absolute atomic E-state index is 5.27. The maximum Gasteiger partial charge on any atom is 0.164 e. The second kappa shape index (κ2) is 11.3. The van der Waals surface area contributed by atoms with E-state index in [4.69, 9.17) is 15.0 Å². The molecule has 52 heavy (non-hydrogen) atoms. The summed E-state index contributed by atoms with van der Waals surface area (Å²) in [6.07, 6.45) is 0. The van der Waals surface area contributed by atoms with Crippen LogP contribution in [0, 0.1) is 0 Å². The van der Waals surface area contributed by atoms with Crippen LogP contribution >= 0.6 is 11.3 Å². The lowest BCUT2D eigenvalue weighted by atomic mass is 9.74. The molecule has 2 aromatic heterocycles. The highest BCUT2D eigenvalue weighted by Crippen LogP contribution is 2.66. The lowest BCUT2D eigenvalue weighted by Gasteiger charge is -2.29. The van der Waals surface area contributed by atoms with E-state index in [0.29, 0.717) is 17.5 Å². The molecule has 4 heteroatoms. The van der Waals surface area contributed by atoms with E-state index in [0.717, 1.165) is 22.3 Å². The molecule has 0 bridgehead atoms. The van der Waals surface area contributed by atoms with Crippen molar-refractivity contribution < 1.29 is 0 Å². The smallest absolute Gasteiger partial charge is 0.164 e. The third-order valence-electron chi connectivity index (χ3n) is 10.8. The topological polar surface area (TPSA) is 38.7 Å². The Bertz CT molecular complexity index is 2840. The van der Waals surface area contributed by atoms with Crippen molar-refractivity contribution in [2.24, 2.45) is 0 Å². The molecule has 1 spiro atoms. The highest BCUT2D eigenvalue weighted by molar-refractivity contribution is 7.20. The van der Waals surface area contributed by atoms with E-state index in [1.165, 1.54) is 59.5 Å². The first-order valence-electron chi connectivity index (χ1n) is 17.6. The van der Waals surface area contributed by atoms with Gasteiger partial charge in [-0.1, -0.05) is 170 Å². The van der Waals surface area contributed by atoms with Crippen LogP contribution in [0.5, 0.6) is 0 Å². The molecule has 2 aliphatic carbocycles. The molecule has 7 aromatic carbocycles. The fourth-order valence-electron chi connectivity index (χ4n) is 8.56. The molecule has 0 fully saturated rings. The number of rotatable bonds is 4. The Morgan fingerprint density at radius 1 is 0.346 bits per heavy atom. The molecule has 242 valence electrons. The average Bonchev–Trinajstić information content (AvgIpc) is 3.85. The molecule has 1 atom stereocenters. The fraction of sp³-hybridized carbons (Fsp3) is 0.0208. The first-order chi connectivity index (χ1) is 25.8. The summed E-state index contributed by atoms with van der Waals surface area (Å²) in [6, 6.07) is 62.8. The predicted octanol–water partition coefficient (Wildman–Crippen LogP) is 12.1. The van der Waals surface area contributed by atoms with Crippen molar-refractivity contribution in [2.75, 3.05) is 0 Å². The van der Waals surface area contributed by atoms with Crippen molar-refractivity contribution in [3.05, 3.63) is 197 Å². The molecule has 3 nitrogen and oxygen atoms in total. The van der Waals surface area contributed by atoms with Gasteiger partial charge in [0.1, 0.15) is 0 Å². The van der Waals surface area contributed by atoms with Gasteiger partial charge in [-0.3, -0.25) is 0 Å². The average molecular weight is 680 g/mol. The van der Waals surface area contributed by atoms with Crippen molar-refractivity contribution in [1.82, 2.24) is 15.0 Å². The van der Waals surface area contributed by atoms with Gasteiger partial charge in [0.25, 0.3) is 0 Å². The van der Waals surface area contributed by atoms with Gasteiger partial charge in [-0.15, -0.1) is 11.3 Å². The van der Waals surface area contributed by atoms with E-state index in [1.807, 2.05) is 35.6 Å². The zero-order valence-corrected chi connectivity index (χ0v) is 28.8. The van der Waals surface area contributed by atoms with Crippen LogP contribution in [-0.4, -0.2) is 15.0 Å². The van der Waals surface area contributed by atoms with Crippen molar-refractivity contribution in [3.8, 4) is 67.5 Å². The van der Waals surface area contributed by atoms with Gasteiger partial charge in [0.2, 0.25) is 0 Å². The number of aromatic nitrogens is 3. The lowest BCUT2D eigenvalue weighted by molar-refractivity contribution is 0.811. The molecule has 0 aliphatic heterocycles. The zero-order chi connectivity index (χ0) is 34.2. The zero-order valence-electron chi connectivity index (χ0n) is 28.0. The summed E-state index contributed by atoms with van der Waals surface area (Å²) >= 11 is 1.93. The Morgan fingerprint density at radius 3 is 1.54 bits per heavy atom. The molecule has 9 aromatic rings. The Labute approximate surface area is 305 Å². The largest absolute Gasteiger partial charge is 0.208 e. The number of thiophene rings is 1. The molecule has 0 amide bonds. The van der Waals surface area contributed by atoms with Crippen LogP contribution in [0.3, 0.4) is 0 Å². The number of hydrogen-bond donors (Lipinski definition) is 0. The van der Waals surface area contributed by atoms with Crippen molar-refractivity contribution in [3.63, 3.8) is 0 Å². The van der Waals surface area contributed by atoms with Gasteiger partial charge in [0.05, 0.1) is 5.41 Å². The molecule has 11 rings (SSSR count). The van der Waals surface area contributed by atoms with Gasteiger partial charge >= 0.3 is 0 Å². The minimum Gasteiger partial charge on any atom is -0.208 e. The summed E-state index contributed by atoms with van der Waals surface area (Å²) in [5, 5.41) is 1.32. The van der Waals surface area contributed by atoms with E-state index in [2.05, 4.69) is 152 Å². The Hall–Kier alpha value is -6.49. The van der Waals surface area contributed by atoms with Crippen molar-refractivity contribution in [1.29, 1.82) is 0 Å². The maximum atomic E-state index is 5.27. The highest BCUT2D eigenvalue weighted by Gasteiger charge is 2.53. The van der Waals surface area contributed by atoms with Crippen LogP contribution in [0.15, 0.2) is 176 Å². The first-order valence-corrected chi connectivity index (χ1v) is 18.4. The van der Waals surface area contributed by atoms with Crippen molar-refractivity contribution >= 4 is 21.4 Å². The van der Waals surface area contributed by atoms with E-state index >= 15 is 0 Å². The normalized spacial score (nSPS) is 15.0. The monoisotopic (exact) mass is 679 g/mol. The second-order valence-electron chi connectivity index (χ2n) is 13.5. The fourth-order valence-corrected chi connectivity index (χ4v) is 10.0. The second-order valence-corrected chi connectivity index (χ2v) is 14.5. The van der Waals surface area contributed by atoms with Crippen molar-refractivity contribution in [2.45, 2.75) is 5.41 Å². The van der Waals surface area contributed by atoms with Gasteiger partial charge in [-0.25, -0.2) is 15.0 Å². The molecule has 0 saturated heterocycles. The third kappa shape index (κ3) is 4.10. The third-order valence-corrected chi connectivity index (χ3v) is 12.1. The summed E-state index contributed by atoms with van der Waals surface area (Å²) in [5.41, 5.74) is 13.8. The van der Waals surface area contributed by atoms with E-state index in [-0.39, 0.29) is 0 Å². The minimum absolute atomic E-state index is 0.442. The van der Waals surface area contributed by atoms with E-state index < -0.39 is 5.41 Å². The number of fused-ring (bicyclic) bond motifs is 12. The Balaban J connectivity index is 1.17. The van der Waals surface area contributed by atoms with Gasteiger partial charge in [-0.05, 0) is 50.6 Å². The van der Waals surface area contributed by atoms with Gasteiger partial charge in [0.15, 0.2) is 17.5 Å². The summed E-state index contributed by atoms with van der Waals surface area (Å²) in [6.45, 7) is 0. The number of benzene rings is 7. The molecule has 0 radical (unpaired) electrons. The van der Waals surface area contributed by atoms with Crippen LogP contribution in [-0.2, 0) is 5.41 Å². The summed E-state index contributed by atoms with van der Waals surface area (Å²) in [5.74, 6) is 1.98. The number of hydrogen-bond acceptors (Lipinski definition) is 4. The highest BCUT2D eigenvalue weighted by atomic mass is 32.1. The summed E-state index contributed by atoms with van der Waals surface area (Å²) < 4.78 is 1.32. The molecule has 1 unspecified atom stereocenters. The molecule has 2 aliphatic rings. The molecule has 0 saturated carbocycles. The molecular formula is C48H29N3S. The molecule has 0 N–H and O–H groups in total. The van der Waals surface area contributed by atoms with Crippen LogP contribution in [0.25, 0.3) is 77.6 Å². The van der Waals surface area contributed by atoms with Gasteiger partial charge in [0, 0.05) is 37.2 Å². The SMILES string of the molecule is c1ccc(-c2ccc(-c3nc(-c4ccccc4)nc(-c4cccc5c4-c4ccccc4C54c5ccccc5-c5c4sc4ccccc54)n3)cc2)cc1. The molecular weight excluding hydrogens is 651 g/mol. The van der Waals surface area contributed by atoms with Crippen LogP contribution in [0.4, 0.5) is 0 Å². The Kier molecular flexibility index (Phi) is 6.34. The Morgan fingerprint density at radius 2 is 0.827 bits per heavy atom. The quantitative estimate of drug-likeness (QED) is 0.186. The van der Waals surface area contributed by atoms with E-state index in [1.54, 1.807) is 0 Å². The van der Waals surface area contributed by atoms with Crippen LogP contribution < -0.4 is 0 Å². The standard InChI is InChI=1S/C48H29N3S/c1-3-14-30(15-4-1)31-26-28-33(29-27-31)46-49-45(32-16-5-2-6-17-32)50-47(51-46)37-21-13-24-40-42(37)34-18-7-10-22-38(34)48(40)39-23-11-8-19-35(39)43-36-20-9-12-25-41(36)52-44(43)48/h1-29H. The molecule has 2 heterocycles. The first kappa shape index (κ1) is 29.3. The van der Waals surface area contributed by atoms with E-state index in [9.17, 15) is 0 Å².